The highest BCUT2D eigenvalue weighted by atomic mass is 16.5. The Labute approximate surface area is 115 Å². The van der Waals surface area contributed by atoms with E-state index in [-0.39, 0.29) is 24.2 Å². The Morgan fingerprint density at radius 3 is 2.63 bits per heavy atom. The molecule has 0 radical (unpaired) electrons. The van der Waals surface area contributed by atoms with Gasteiger partial charge < -0.3 is 20.5 Å². The number of rotatable bonds is 5. The molecule has 1 unspecified atom stereocenters. The molecule has 0 aliphatic carbocycles. The molecule has 19 heavy (non-hydrogen) atoms. The summed E-state index contributed by atoms with van der Waals surface area (Å²) in [6.07, 6.45) is 4.47. The zero-order chi connectivity index (χ0) is 13.7. The van der Waals surface area contributed by atoms with Crippen LogP contribution in [0.15, 0.2) is 0 Å². The first-order valence-electron chi connectivity index (χ1n) is 7.48. The van der Waals surface area contributed by atoms with Crippen LogP contribution in [0.3, 0.4) is 0 Å². The number of hydrogen-bond acceptors (Lipinski definition) is 4. The standard InChI is InChI=1S/C14H26N2O3/c1-2-12(10-5-7-18-8-6-10)16-14(17)13-4-3-11(9-15)19-13/h10-13H,2-9,15H2,1H3,(H,16,17)/t11-,12?,13+/m1/s1. The zero-order valence-corrected chi connectivity index (χ0v) is 11.8. The molecule has 0 bridgehead atoms. The highest BCUT2D eigenvalue weighted by molar-refractivity contribution is 5.81. The lowest BCUT2D eigenvalue weighted by Crippen LogP contribution is -2.46. The van der Waals surface area contributed by atoms with Crippen molar-refractivity contribution in [3.63, 3.8) is 0 Å². The maximum Gasteiger partial charge on any atom is 0.249 e. The van der Waals surface area contributed by atoms with Crippen molar-refractivity contribution in [3.05, 3.63) is 0 Å². The second-order valence-electron chi connectivity index (χ2n) is 5.53. The summed E-state index contributed by atoms with van der Waals surface area (Å²) < 4.78 is 11.0. The van der Waals surface area contributed by atoms with Crippen molar-refractivity contribution >= 4 is 5.91 Å². The van der Waals surface area contributed by atoms with Crippen molar-refractivity contribution in [2.45, 2.75) is 57.3 Å². The van der Waals surface area contributed by atoms with E-state index in [9.17, 15) is 4.79 Å². The molecule has 5 heteroatoms. The van der Waals surface area contributed by atoms with Crippen molar-refractivity contribution in [2.24, 2.45) is 11.7 Å². The summed E-state index contributed by atoms with van der Waals surface area (Å²) in [5.41, 5.74) is 5.57. The molecule has 1 amide bonds. The molecule has 110 valence electrons. The molecular weight excluding hydrogens is 244 g/mol. The highest BCUT2D eigenvalue weighted by Crippen LogP contribution is 2.23. The molecule has 3 N–H and O–H groups in total. The molecule has 3 atom stereocenters. The van der Waals surface area contributed by atoms with Crippen molar-refractivity contribution in [2.75, 3.05) is 19.8 Å². The van der Waals surface area contributed by atoms with Gasteiger partial charge in [0.25, 0.3) is 0 Å². The SMILES string of the molecule is CCC(NC(=O)[C@@H]1CC[C@H](CN)O1)C1CCOCC1. The van der Waals surface area contributed by atoms with Gasteiger partial charge in [-0.3, -0.25) is 4.79 Å². The third-order valence-electron chi connectivity index (χ3n) is 4.27. The monoisotopic (exact) mass is 270 g/mol. The van der Waals surface area contributed by atoms with Gasteiger partial charge in [0, 0.05) is 25.8 Å². The maximum atomic E-state index is 12.2. The minimum Gasteiger partial charge on any atom is -0.381 e. The highest BCUT2D eigenvalue weighted by Gasteiger charge is 2.32. The van der Waals surface area contributed by atoms with E-state index >= 15 is 0 Å². The van der Waals surface area contributed by atoms with Gasteiger partial charge >= 0.3 is 0 Å². The summed E-state index contributed by atoms with van der Waals surface area (Å²) >= 11 is 0. The first-order valence-corrected chi connectivity index (χ1v) is 7.48. The Morgan fingerprint density at radius 1 is 1.32 bits per heavy atom. The fourth-order valence-corrected chi connectivity index (χ4v) is 3.02. The molecular formula is C14H26N2O3. The quantitative estimate of drug-likeness (QED) is 0.775. The van der Waals surface area contributed by atoms with Crippen LogP contribution < -0.4 is 11.1 Å². The molecule has 0 aromatic heterocycles. The van der Waals surface area contributed by atoms with Gasteiger partial charge in [-0.2, -0.15) is 0 Å². The summed E-state index contributed by atoms with van der Waals surface area (Å²) in [4.78, 5) is 12.2. The van der Waals surface area contributed by atoms with Gasteiger partial charge in [0.15, 0.2) is 0 Å². The molecule has 0 aromatic carbocycles. The Hall–Kier alpha value is -0.650. The zero-order valence-electron chi connectivity index (χ0n) is 11.8. The van der Waals surface area contributed by atoms with Crippen LogP contribution in [0, 0.1) is 5.92 Å². The number of hydrogen-bond donors (Lipinski definition) is 2. The van der Waals surface area contributed by atoms with E-state index in [1.165, 1.54) is 0 Å². The van der Waals surface area contributed by atoms with Crippen molar-refractivity contribution in [1.82, 2.24) is 5.32 Å². The van der Waals surface area contributed by atoms with Crippen LogP contribution in [0.2, 0.25) is 0 Å². The molecule has 2 aliphatic rings. The third kappa shape index (κ3) is 3.91. The van der Waals surface area contributed by atoms with Crippen molar-refractivity contribution in [1.29, 1.82) is 0 Å². The Balaban J connectivity index is 1.82. The summed E-state index contributed by atoms with van der Waals surface area (Å²) in [6.45, 7) is 4.25. The molecule has 2 saturated heterocycles. The summed E-state index contributed by atoms with van der Waals surface area (Å²) in [5, 5.41) is 3.16. The topological polar surface area (TPSA) is 73.6 Å². The molecule has 0 spiro atoms. The fourth-order valence-electron chi connectivity index (χ4n) is 3.02. The fraction of sp³-hybridized carbons (Fsp3) is 0.929. The first-order chi connectivity index (χ1) is 9.24. The molecule has 2 fully saturated rings. The average molecular weight is 270 g/mol. The number of amides is 1. The Morgan fingerprint density at radius 2 is 2.05 bits per heavy atom. The van der Waals surface area contributed by atoms with Gasteiger partial charge in [-0.05, 0) is 38.0 Å². The van der Waals surface area contributed by atoms with E-state index in [1.807, 2.05) is 0 Å². The average Bonchev–Trinajstić information content (AvgIpc) is 2.94. The summed E-state index contributed by atoms with van der Waals surface area (Å²) in [5.74, 6) is 0.573. The largest absolute Gasteiger partial charge is 0.381 e. The number of nitrogens with two attached hydrogens (primary N) is 1. The molecule has 2 aliphatic heterocycles. The second-order valence-corrected chi connectivity index (χ2v) is 5.53. The molecule has 2 rings (SSSR count). The molecule has 5 nitrogen and oxygen atoms in total. The first kappa shape index (κ1) is 14.8. The van der Waals surface area contributed by atoms with Crippen LogP contribution in [-0.2, 0) is 14.3 Å². The number of carbonyl (C=O) groups is 1. The van der Waals surface area contributed by atoms with Gasteiger partial charge in [0.2, 0.25) is 5.91 Å². The van der Waals surface area contributed by atoms with Gasteiger partial charge in [-0.15, -0.1) is 0 Å². The lowest BCUT2D eigenvalue weighted by molar-refractivity contribution is -0.133. The summed E-state index contributed by atoms with van der Waals surface area (Å²) in [6, 6.07) is 0.247. The van der Waals surface area contributed by atoms with Gasteiger partial charge in [-0.1, -0.05) is 6.92 Å². The number of nitrogens with one attached hydrogen (secondary N) is 1. The minimum atomic E-state index is -0.303. The minimum absolute atomic E-state index is 0.0364. The van der Waals surface area contributed by atoms with E-state index in [0.29, 0.717) is 12.5 Å². The van der Waals surface area contributed by atoms with Crippen molar-refractivity contribution in [3.8, 4) is 0 Å². The van der Waals surface area contributed by atoms with E-state index in [1.54, 1.807) is 0 Å². The van der Waals surface area contributed by atoms with E-state index < -0.39 is 0 Å². The Bertz CT molecular complexity index is 292. The van der Waals surface area contributed by atoms with Crippen molar-refractivity contribution < 1.29 is 14.3 Å². The van der Waals surface area contributed by atoms with Crippen LogP contribution >= 0.6 is 0 Å². The predicted octanol–water partition coefficient (Wildman–Crippen LogP) is 0.814. The number of ether oxygens (including phenoxy) is 2. The second kappa shape index (κ2) is 7.22. The van der Waals surface area contributed by atoms with E-state index in [4.69, 9.17) is 15.2 Å². The molecule has 0 saturated carbocycles. The van der Waals surface area contributed by atoms with Crippen LogP contribution in [0.4, 0.5) is 0 Å². The lowest BCUT2D eigenvalue weighted by atomic mass is 9.90. The van der Waals surface area contributed by atoms with E-state index in [0.717, 1.165) is 45.3 Å². The number of carbonyl (C=O) groups excluding carboxylic acids is 1. The van der Waals surface area contributed by atoms with E-state index in [2.05, 4.69) is 12.2 Å². The van der Waals surface area contributed by atoms with Gasteiger partial charge in [-0.25, -0.2) is 0 Å². The third-order valence-corrected chi connectivity index (χ3v) is 4.27. The molecule has 0 aromatic rings. The Kier molecular flexibility index (Phi) is 5.60. The van der Waals surface area contributed by atoms with Gasteiger partial charge in [0.1, 0.15) is 6.10 Å². The predicted molar refractivity (Wildman–Crippen MR) is 72.7 cm³/mol. The normalized spacial score (nSPS) is 30.2. The lowest BCUT2D eigenvalue weighted by Gasteiger charge is -2.31. The molecule has 2 heterocycles. The maximum absolute atomic E-state index is 12.2. The smallest absolute Gasteiger partial charge is 0.249 e. The summed E-state index contributed by atoms with van der Waals surface area (Å²) in [7, 11) is 0. The van der Waals surface area contributed by atoms with Crippen LogP contribution in [0.1, 0.15) is 39.0 Å². The van der Waals surface area contributed by atoms with Gasteiger partial charge in [0.05, 0.1) is 6.10 Å². The van der Waals surface area contributed by atoms with Crippen LogP contribution in [0.25, 0.3) is 0 Å². The van der Waals surface area contributed by atoms with Crippen LogP contribution in [-0.4, -0.2) is 43.9 Å². The van der Waals surface area contributed by atoms with Crippen LogP contribution in [0.5, 0.6) is 0 Å².